The van der Waals surface area contributed by atoms with E-state index in [2.05, 4.69) is 16.8 Å². The molecular weight excluding hydrogens is 188 g/mol. The number of pyridine rings is 1. The third kappa shape index (κ3) is 1.77. The van der Waals surface area contributed by atoms with Gasteiger partial charge in [-0.1, -0.05) is 0 Å². The smallest absolute Gasteiger partial charge is 0.105 e. The van der Waals surface area contributed by atoms with Crippen LogP contribution in [-0.2, 0) is 5.60 Å². The van der Waals surface area contributed by atoms with E-state index in [4.69, 9.17) is 0 Å². The second-order valence-corrected chi connectivity index (χ2v) is 4.69. The number of aromatic nitrogens is 1. The number of β-amino-alcohol motifs (C(OH)–C–C–N with tert-alkyl or cyclic N) is 1. The van der Waals surface area contributed by atoms with E-state index in [1.165, 1.54) is 0 Å². The Morgan fingerprint density at radius 2 is 2.33 bits per heavy atom. The van der Waals surface area contributed by atoms with Gasteiger partial charge in [-0.2, -0.15) is 0 Å². The first-order valence-electron chi connectivity index (χ1n) is 5.37. The van der Waals surface area contributed by atoms with E-state index in [-0.39, 0.29) is 0 Å². The molecule has 0 aliphatic carbocycles. The van der Waals surface area contributed by atoms with Crippen molar-refractivity contribution in [1.82, 2.24) is 9.88 Å². The first-order chi connectivity index (χ1) is 7.03. The standard InChI is InChI=1S/C12H18N2O/c1-9-4-5-13-7-11(9)12(15)6-10(2)14(3)8-12/h4-5,7,10,15H,6,8H2,1-3H3. The van der Waals surface area contributed by atoms with Gasteiger partial charge in [-0.25, -0.2) is 0 Å². The second kappa shape index (κ2) is 3.58. The predicted octanol–water partition coefficient (Wildman–Crippen LogP) is 1.30. The molecule has 2 unspecified atom stereocenters. The highest BCUT2D eigenvalue weighted by Gasteiger charge is 2.41. The molecule has 3 nitrogen and oxygen atoms in total. The Labute approximate surface area is 90.8 Å². The molecule has 1 fully saturated rings. The van der Waals surface area contributed by atoms with Gasteiger partial charge in [-0.15, -0.1) is 0 Å². The number of likely N-dealkylation sites (N-methyl/N-ethyl adjacent to an activating group) is 1. The molecule has 3 heteroatoms. The quantitative estimate of drug-likeness (QED) is 0.752. The lowest BCUT2D eigenvalue weighted by Crippen LogP contribution is -2.30. The molecule has 15 heavy (non-hydrogen) atoms. The largest absolute Gasteiger partial charge is 0.384 e. The molecule has 1 aliphatic rings. The molecule has 1 aliphatic heterocycles. The van der Waals surface area contributed by atoms with Crippen LogP contribution in [0.25, 0.3) is 0 Å². The summed E-state index contributed by atoms with van der Waals surface area (Å²) in [4.78, 5) is 6.29. The number of aryl methyl sites for hydroxylation is 1. The van der Waals surface area contributed by atoms with E-state index in [1.807, 2.05) is 20.0 Å². The normalized spacial score (nSPS) is 32.1. The highest BCUT2D eigenvalue weighted by Crippen LogP contribution is 2.35. The Bertz CT molecular complexity index is 354. The van der Waals surface area contributed by atoms with Crippen LogP contribution in [0.4, 0.5) is 0 Å². The fourth-order valence-corrected chi connectivity index (χ4v) is 2.42. The number of nitrogens with zero attached hydrogens (tertiary/aromatic N) is 2. The van der Waals surface area contributed by atoms with E-state index in [0.29, 0.717) is 12.6 Å². The van der Waals surface area contributed by atoms with Crippen LogP contribution in [0.1, 0.15) is 24.5 Å². The maximum atomic E-state index is 10.6. The van der Waals surface area contributed by atoms with Gasteiger partial charge in [0, 0.05) is 30.5 Å². The van der Waals surface area contributed by atoms with Crippen LogP contribution in [0.15, 0.2) is 18.5 Å². The van der Waals surface area contributed by atoms with Gasteiger partial charge in [0.15, 0.2) is 0 Å². The molecule has 1 aromatic rings. The molecule has 2 atom stereocenters. The maximum Gasteiger partial charge on any atom is 0.105 e. The van der Waals surface area contributed by atoms with Gasteiger partial charge in [-0.3, -0.25) is 4.98 Å². The third-order valence-corrected chi connectivity index (χ3v) is 3.44. The minimum atomic E-state index is -0.716. The minimum Gasteiger partial charge on any atom is -0.384 e. The Kier molecular flexibility index (Phi) is 2.52. The summed E-state index contributed by atoms with van der Waals surface area (Å²) in [7, 11) is 2.05. The number of likely N-dealkylation sites (tertiary alicyclic amines) is 1. The third-order valence-electron chi connectivity index (χ3n) is 3.44. The molecule has 2 rings (SSSR count). The Balaban J connectivity index is 2.35. The molecule has 0 amide bonds. The first-order valence-corrected chi connectivity index (χ1v) is 5.37. The Morgan fingerprint density at radius 1 is 1.60 bits per heavy atom. The molecule has 0 saturated carbocycles. The van der Waals surface area contributed by atoms with Crippen molar-refractivity contribution in [3.8, 4) is 0 Å². The van der Waals surface area contributed by atoms with Crippen LogP contribution in [0.2, 0.25) is 0 Å². The summed E-state index contributed by atoms with van der Waals surface area (Å²) in [6.07, 6.45) is 4.35. The zero-order valence-electron chi connectivity index (χ0n) is 9.57. The molecule has 1 N–H and O–H groups in total. The van der Waals surface area contributed by atoms with E-state index < -0.39 is 5.60 Å². The van der Waals surface area contributed by atoms with Gasteiger partial charge in [0.1, 0.15) is 5.60 Å². The van der Waals surface area contributed by atoms with Crippen LogP contribution in [0.3, 0.4) is 0 Å². The van der Waals surface area contributed by atoms with E-state index in [0.717, 1.165) is 17.5 Å². The molecule has 0 spiro atoms. The van der Waals surface area contributed by atoms with E-state index in [1.54, 1.807) is 12.4 Å². The Morgan fingerprint density at radius 3 is 2.87 bits per heavy atom. The van der Waals surface area contributed by atoms with Gasteiger partial charge in [0.25, 0.3) is 0 Å². The zero-order chi connectivity index (χ0) is 11.1. The van der Waals surface area contributed by atoms with E-state index >= 15 is 0 Å². The second-order valence-electron chi connectivity index (χ2n) is 4.69. The van der Waals surface area contributed by atoms with Crippen molar-refractivity contribution < 1.29 is 5.11 Å². The lowest BCUT2D eigenvalue weighted by atomic mass is 9.90. The van der Waals surface area contributed by atoms with E-state index in [9.17, 15) is 5.11 Å². The molecule has 1 aromatic heterocycles. The van der Waals surface area contributed by atoms with Crippen molar-refractivity contribution in [2.75, 3.05) is 13.6 Å². The van der Waals surface area contributed by atoms with Gasteiger partial charge >= 0.3 is 0 Å². The van der Waals surface area contributed by atoms with Gasteiger partial charge in [0.2, 0.25) is 0 Å². The van der Waals surface area contributed by atoms with Crippen LogP contribution < -0.4 is 0 Å². The summed E-state index contributed by atoms with van der Waals surface area (Å²) in [5.74, 6) is 0. The molecule has 2 heterocycles. The molecule has 1 saturated heterocycles. The minimum absolute atomic E-state index is 0.426. The fourth-order valence-electron chi connectivity index (χ4n) is 2.42. The highest BCUT2D eigenvalue weighted by molar-refractivity contribution is 5.29. The average Bonchev–Trinajstić information content (AvgIpc) is 2.42. The van der Waals surface area contributed by atoms with Crippen LogP contribution in [0.5, 0.6) is 0 Å². The molecule has 0 aromatic carbocycles. The topological polar surface area (TPSA) is 36.4 Å². The van der Waals surface area contributed by atoms with Crippen molar-refractivity contribution >= 4 is 0 Å². The maximum absolute atomic E-state index is 10.6. The molecule has 82 valence electrons. The number of hydrogen-bond acceptors (Lipinski definition) is 3. The number of aliphatic hydroxyl groups is 1. The number of hydrogen-bond donors (Lipinski definition) is 1. The summed E-state index contributed by atoms with van der Waals surface area (Å²) >= 11 is 0. The number of rotatable bonds is 1. The fraction of sp³-hybridized carbons (Fsp3) is 0.583. The Hall–Kier alpha value is -0.930. The van der Waals surface area contributed by atoms with Crippen LogP contribution >= 0.6 is 0 Å². The first kappa shape index (κ1) is 10.6. The van der Waals surface area contributed by atoms with Gasteiger partial charge < -0.3 is 10.0 Å². The molecule has 0 bridgehead atoms. The summed E-state index contributed by atoms with van der Waals surface area (Å²) < 4.78 is 0. The lowest BCUT2D eigenvalue weighted by molar-refractivity contribution is 0.0476. The summed E-state index contributed by atoms with van der Waals surface area (Å²) in [5.41, 5.74) is 1.38. The van der Waals surface area contributed by atoms with Crippen molar-refractivity contribution in [1.29, 1.82) is 0 Å². The lowest BCUT2D eigenvalue weighted by Gasteiger charge is -2.24. The summed E-state index contributed by atoms with van der Waals surface area (Å²) in [5, 5.41) is 10.6. The van der Waals surface area contributed by atoms with Gasteiger partial charge in [0.05, 0.1) is 0 Å². The van der Waals surface area contributed by atoms with Gasteiger partial charge in [-0.05, 0) is 38.9 Å². The highest BCUT2D eigenvalue weighted by atomic mass is 16.3. The zero-order valence-corrected chi connectivity index (χ0v) is 9.57. The summed E-state index contributed by atoms with van der Waals surface area (Å²) in [6, 6.07) is 2.38. The van der Waals surface area contributed by atoms with Crippen molar-refractivity contribution in [2.45, 2.75) is 31.9 Å². The monoisotopic (exact) mass is 206 g/mol. The molecule has 0 radical (unpaired) electrons. The van der Waals surface area contributed by atoms with Crippen LogP contribution in [-0.4, -0.2) is 34.6 Å². The van der Waals surface area contributed by atoms with Crippen molar-refractivity contribution in [2.24, 2.45) is 0 Å². The van der Waals surface area contributed by atoms with Crippen molar-refractivity contribution in [3.05, 3.63) is 29.6 Å². The molecular formula is C12H18N2O. The van der Waals surface area contributed by atoms with Crippen LogP contribution in [0, 0.1) is 6.92 Å². The SMILES string of the molecule is Cc1ccncc1C1(O)CC(C)N(C)C1. The van der Waals surface area contributed by atoms with Crippen molar-refractivity contribution in [3.63, 3.8) is 0 Å². The predicted molar refractivity (Wildman–Crippen MR) is 59.6 cm³/mol. The summed E-state index contributed by atoms with van der Waals surface area (Å²) in [6.45, 7) is 4.86. The average molecular weight is 206 g/mol.